The Kier molecular flexibility index (Phi) is 3.87. The molecule has 0 spiro atoms. The van der Waals surface area contributed by atoms with E-state index in [0.29, 0.717) is 12.3 Å². The van der Waals surface area contributed by atoms with Gasteiger partial charge in [0.1, 0.15) is 0 Å². The number of ketones is 1. The number of Topliss-reactive ketones (excluding diaryl/α,β-unsaturated/α-hetero) is 1. The van der Waals surface area contributed by atoms with Crippen LogP contribution < -0.4 is 0 Å². The van der Waals surface area contributed by atoms with Crippen LogP contribution in [0.25, 0.3) is 0 Å². The summed E-state index contributed by atoms with van der Waals surface area (Å²) in [5.74, 6) is -1.65. The van der Waals surface area contributed by atoms with Crippen LogP contribution in [0.3, 0.4) is 0 Å². The van der Waals surface area contributed by atoms with Crippen LogP contribution in [0.4, 0.5) is 8.78 Å². The highest BCUT2D eigenvalue weighted by Crippen LogP contribution is 2.29. The summed E-state index contributed by atoms with van der Waals surface area (Å²) in [6.07, 6.45) is 5.91. The third kappa shape index (κ3) is 2.90. The van der Waals surface area contributed by atoms with Crippen molar-refractivity contribution in [1.82, 2.24) is 0 Å². The molecular weight excluding hydrogens is 222 g/mol. The SMILES string of the molecule is O=C(CCC1CCCC1)c1cccc(F)c1F. The molecule has 17 heavy (non-hydrogen) atoms. The molecule has 1 nitrogen and oxygen atoms in total. The molecule has 0 N–H and O–H groups in total. The van der Waals surface area contributed by atoms with Crippen molar-refractivity contribution >= 4 is 5.78 Å². The van der Waals surface area contributed by atoms with Crippen molar-refractivity contribution in [3.05, 3.63) is 35.4 Å². The van der Waals surface area contributed by atoms with Gasteiger partial charge in [0.2, 0.25) is 0 Å². The van der Waals surface area contributed by atoms with Crippen LogP contribution >= 0.6 is 0 Å². The second-order valence-corrected chi connectivity index (χ2v) is 4.71. The maximum absolute atomic E-state index is 13.4. The third-order valence-electron chi connectivity index (χ3n) is 3.51. The Balaban J connectivity index is 1.97. The van der Waals surface area contributed by atoms with E-state index in [1.165, 1.54) is 37.8 Å². The highest BCUT2D eigenvalue weighted by Gasteiger charge is 2.19. The fraction of sp³-hybridized carbons (Fsp3) is 0.500. The number of hydrogen-bond donors (Lipinski definition) is 0. The van der Waals surface area contributed by atoms with E-state index in [1.54, 1.807) is 0 Å². The van der Waals surface area contributed by atoms with Gasteiger partial charge in [0.25, 0.3) is 0 Å². The second-order valence-electron chi connectivity index (χ2n) is 4.71. The molecule has 2 rings (SSSR count). The lowest BCUT2D eigenvalue weighted by Gasteiger charge is -2.08. The predicted molar refractivity (Wildman–Crippen MR) is 61.9 cm³/mol. The number of carbonyl (C=O) groups is 1. The van der Waals surface area contributed by atoms with Crippen LogP contribution in [0.5, 0.6) is 0 Å². The van der Waals surface area contributed by atoms with Crippen molar-refractivity contribution in [2.24, 2.45) is 5.92 Å². The number of carbonyl (C=O) groups excluding carboxylic acids is 1. The van der Waals surface area contributed by atoms with Crippen LogP contribution in [0.2, 0.25) is 0 Å². The first-order valence-electron chi connectivity index (χ1n) is 6.15. The van der Waals surface area contributed by atoms with E-state index in [0.717, 1.165) is 12.5 Å². The summed E-state index contributed by atoms with van der Waals surface area (Å²) in [6, 6.07) is 3.76. The first-order valence-corrected chi connectivity index (χ1v) is 6.15. The number of benzene rings is 1. The molecule has 1 fully saturated rings. The summed E-state index contributed by atoms with van der Waals surface area (Å²) < 4.78 is 26.3. The summed E-state index contributed by atoms with van der Waals surface area (Å²) in [5.41, 5.74) is -0.108. The van der Waals surface area contributed by atoms with Gasteiger partial charge in [-0.05, 0) is 24.5 Å². The Hall–Kier alpha value is -1.25. The molecule has 0 unspecified atom stereocenters. The van der Waals surface area contributed by atoms with Crippen molar-refractivity contribution < 1.29 is 13.6 Å². The molecular formula is C14H16F2O. The molecule has 0 saturated heterocycles. The van der Waals surface area contributed by atoms with Crippen molar-refractivity contribution in [3.8, 4) is 0 Å². The highest BCUT2D eigenvalue weighted by molar-refractivity contribution is 5.96. The van der Waals surface area contributed by atoms with Gasteiger partial charge in [-0.2, -0.15) is 0 Å². The van der Waals surface area contributed by atoms with Gasteiger partial charge in [-0.15, -0.1) is 0 Å². The molecule has 0 atom stereocenters. The van der Waals surface area contributed by atoms with Crippen LogP contribution in [-0.4, -0.2) is 5.78 Å². The summed E-state index contributed by atoms with van der Waals surface area (Å²) in [4.78, 5) is 11.8. The lowest BCUT2D eigenvalue weighted by molar-refractivity contribution is 0.0969. The zero-order valence-electron chi connectivity index (χ0n) is 9.72. The van der Waals surface area contributed by atoms with Crippen molar-refractivity contribution in [2.45, 2.75) is 38.5 Å². The fourth-order valence-corrected chi connectivity index (χ4v) is 2.49. The standard InChI is InChI=1S/C14H16F2O/c15-12-7-3-6-11(14(12)16)13(17)9-8-10-4-1-2-5-10/h3,6-7,10H,1-2,4-5,8-9H2. The van der Waals surface area contributed by atoms with Crippen LogP contribution in [0, 0.1) is 17.6 Å². The first-order chi connectivity index (χ1) is 8.18. The molecule has 0 aliphatic heterocycles. The number of rotatable bonds is 4. The molecule has 92 valence electrons. The maximum atomic E-state index is 13.4. The summed E-state index contributed by atoms with van der Waals surface area (Å²) >= 11 is 0. The van der Waals surface area contributed by atoms with E-state index < -0.39 is 11.6 Å². The lowest BCUT2D eigenvalue weighted by Crippen LogP contribution is -2.06. The van der Waals surface area contributed by atoms with Gasteiger partial charge >= 0.3 is 0 Å². The minimum Gasteiger partial charge on any atom is -0.294 e. The van der Waals surface area contributed by atoms with Gasteiger partial charge in [-0.3, -0.25) is 4.79 Å². The zero-order valence-corrected chi connectivity index (χ0v) is 9.72. The minimum atomic E-state index is -1.01. The Morgan fingerprint density at radius 3 is 2.65 bits per heavy atom. The van der Waals surface area contributed by atoms with E-state index >= 15 is 0 Å². The zero-order chi connectivity index (χ0) is 12.3. The summed E-state index contributed by atoms with van der Waals surface area (Å²) in [7, 11) is 0. The molecule has 0 aromatic heterocycles. The summed E-state index contributed by atoms with van der Waals surface area (Å²) in [5, 5.41) is 0. The van der Waals surface area contributed by atoms with Crippen LogP contribution in [-0.2, 0) is 0 Å². The van der Waals surface area contributed by atoms with Crippen molar-refractivity contribution in [2.75, 3.05) is 0 Å². The third-order valence-corrected chi connectivity index (χ3v) is 3.51. The average Bonchev–Trinajstić information content (AvgIpc) is 2.82. The first kappa shape index (κ1) is 12.2. The topological polar surface area (TPSA) is 17.1 Å². The van der Waals surface area contributed by atoms with E-state index in [1.807, 2.05) is 0 Å². The van der Waals surface area contributed by atoms with Gasteiger partial charge in [-0.1, -0.05) is 31.7 Å². The Morgan fingerprint density at radius 2 is 1.94 bits per heavy atom. The molecule has 0 heterocycles. The maximum Gasteiger partial charge on any atom is 0.169 e. The molecule has 0 amide bonds. The number of hydrogen-bond acceptors (Lipinski definition) is 1. The predicted octanol–water partition coefficient (Wildman–Crippen LogP) is 4.12. The highest BCUT2D eigenvalue weighted by atomic mass is 19.2. The molecule has 3 heteroatoms. The van der Waals surface area contributed by atoms with E-state index in [4.69, 9.17) is 0 Å². The Morgan fingerprint density at radius 1 is 1.24 bits per heavy atom. The molecule has 0 radical (unpaired) electrons. The Labute approximate surface area is 99.8 Å². The minimum absolute atomic E-state index is 0.108. The smallest absolute Gasteiger partial charge is 0.169 e. The van der Waals surface area contributed by atoms with E-state index in [-0.39, 0.29) is 11.3 Å². The largest absolute Gasteiger partial charge is 0.294 e. The second kappa shape index (κ2) is 5.39. The van der Waals surface area contributed by atoms with E-state index in [2.05, 4.69) is 0 Å². The average molecular weight is 238 g/mol. The van der Waals surface area contributed by atoms with Gasteiger partial charge in [0.05, 0.1) is 5.56 Å². The lowest BCUT2D eigenvalue weighted by atomic mass is 9.97. The van der Waals surface area contributed by atoms with Gasteiger partial charge in [0.15, 0.2) is 17.4 Å². The molecule has 1 aliphatic rings. The summed E-state index contributed by atoms with van der Waals surface area (Å²) in [6.45, 7) is 0. The molecule has 0 bridgehead atoms. The van der Waals surface area contributed by atoms with Crippen molar-refractivity contribution in [3.63, 3.8) is 0 Å². The van der Waals surface area contributed by atoms with Crippen LogP contribution in [0.1, 0.15) is 48.9 Å². The number of halogens is 2. The fourth-order valence-electron chi connectivity index (χ4n) is 2.49. The van der Waals surface area contributed by atoms with Gasteiger partial charge in [-0.25, -0.2) is 8.78 Å². The van der Waals surface area contributed by atoms with Crippen LogP contribution in [0.15, 0.2) is 18.2 Å². The molecule has 1 saturated carbocycles. The molecule has 1 aliphatic carbocycles. The molecule has 1 aromatic rings. The quantitative estimate of drug-likeness (QED) is 0.721. The van der Waals surface area contributed by atoms with Crippen molar-refractivity contribution in [1.29, 1.82) is 0 Å². The van der Waals surface area contributed by atoms with E-state index in [9.17, 15) is 13.6 Å². The molecule has 1 aromatic carbocycles. The monoisotopic (exact) mass is 238 g/mol. The Bertz CT molecular complexity index is 409. The van der Waals surface area contributed by atoms with Gasteiger partial charge < -0.3 is 0 Å². The normalized spacial score (nSPS) is 16.4. The van der Waals surface area contributed by atoms with Gasteiger partial charge in [0, 0.05) is 6.42 Å².